The summed E-state index contributed by atoms with van der Waals surface area (Å²) in [7, 11) is 0. The predicted molar refractivity (Wildman–Crippen MR) is 71.8 cm³/mol. The van der Waals surface area contributed by atoms with Crippen LogP contribution < -0.4 is 5.43 Å². The van der Waals surface area contributed by atoms with Crippen LogP contribution in [-0.2, 0) is 0 Å². The van der Waals surface area contributed by atoms with Gasteiger partial charge in [-0.05, 0) is 24.3 Å². The molecule has 20 heavy (non-hydrogen) atoms. The molecule has 0 radical (unpaired) electrons. The van der Waals surface area contributed by atoms with Gasteiger partial charge < -0.3 is 0 Å². The number of hydrogen-bond donors (Lipinski definition) is 0. The van der Waals surface area contributed by atoms with Crippen molar-refractivity contribution in [1.29, 1.82) is 0 Å². The summed E-state index contributed by atoms with van der Waals surface area (Å²) in [5.74, 6) is -1.60. The summed E-state index contributed by atoms with van der Waals surface area (Å²) >= 11 is 5.76. The van der Waals surface area contributed by atoms with E-state index in [1.807, 2.05) is 0 Å². The number of rotatable bonds is 1. The maximum atomic E-state index is 13.9. The van der Waals surface area contributed by atoms with Crippen LogP contribution in [-0.4, -0.2) is 9.61 Å². The van der Waals surface area contributed by atoms with Crippen LogP contribution in [0.25, 0.3) is 16.6 Å². The summed E-state index contributed by atoms with van der Waals surface area (Å²) in [4.78, 5) is 12.0. The first-order chi connectivity index (χ1) is 9.58. The highest BCUT2D eigenvalue weighted by Gasteiger charge is 2.17. The van der Waals surface area contributed by atoms with Crippen LogP contribution in [0.5, 0.6) is 0 Å². The summed E-state index contributed by atoms with van der Waals surface area (Å²) in [6, 6.07) is 7.59. The van der Waals surface area contributed by atoms with Crippen molar-refractivity contribution in [2.75, 3.05) is 0 Å². The third-order valence-corrected chi connectivity index (χ3v) is 3.11. The number of aromatic nitrogens is 2. The van der Waals surface area contributed by atoms with Crippen molar-refractivity contribution in [3.05, 3.63) is 69.6 Å². The lowest BCUT2D eigenvalue weighted by atomic mass is 10.0. The highest BCUT2D eigenvalue weighted by Crippen LogP contribution is 2.26. The molecule has 6 heteroatoms. The van der Waals surface area contributed by atoms with Gasteiger partial charge in [-0.1, -0.05) is 17.7 Å². The van der Waals surface area contributed by atoms with Crippen LogP contribution in [0.3, 0.4) is 0 Å². The molecule has 0 aliphatic carbocycles. The minimum atomic E-state index is -0.801. The molecule has 0 atom stereocenters. The largest absolute Gasteiger partial charge is 0.289 e. The van der Waals surface area contributed by atoms with Gasteiger partial charge in [0, 0.05) is 12.3 Å². The van der Waals surface area contributed by atoms with E-state index in [2.05, 4.69) is 5.10 Å². The Labute approximate surface area is 117 Å². The zero-order valence-corrected chi connectivity index (χ0v) is 10.7. The van der Waals surface area contributed by atoms with Crippen LogP contribution in [0.1, 0.15) is 0 Å². The van der Waals surface area contributed by atoms with Gasteiger partial charge in [0.1, 0.15) is 16.8 Å². The summed E-state index contributed by atoms with van der Waals surface area (Å²) in [5.41, 5.74) is -0.643. The first-order valence-electron chi connectivity index (χ1n) is 5.70. The van der Waals surface area contributed by atoms with Gasteiger partial charge in [0.2, 0.25) is 0 Å². The van der Waals surface area contributed by atoms with E-state index in [0.29, 0.717) is 0 Å². The van der Waals surface area contributed by atoms with Gasteiger partial charge in [-0.2, -0.15) is 5.10 Å². The molecule has 2 heterocycles. The van der Waals surface area contributed by atoms with Crippen LogP contribution in [0.4, 0.5) is 8.78 Å². The monoisotopic (exact) mass is 292 g/mol. The van der Waals surface area contributed by atoms with Crippen molar-refractivity contribution in [2.24, 2.45) is 0 Å². The van der Waals surface area contributed by atoms with Crippen molar-refractivity contribution in [3.8, 4) is 11.1 Å². The normalized spacial score (nSPS) is 10.9. The summed E-state index contributed by atoms with van der Waals surface area (Å²) in [6.07, 6.45) is 1.39. The van der Waals surface area contributed by atoms with Crippen molar-refractivity contribution in [2.45, 2.75) is 0 Å². The third kappa shape index (κ3) is 1.96. The number of pyridine rings is 1. The molecule has 0 saturated heterocycles. The second kappa shape index (κ2) is 4.68. The minimum absolute atomic E-state index is 0.0766. The van der Waals surface area contributed by atoms with E-state index in [0.717, 1.165) is 12.1 Å². The second-order valence-corrected chi connectivity index (χ2v) is 4.52. The second-order valence-electron chi connectivity index (χ2n) is 4.14. The maximum Gasteiger partial charge on any atom is 0.190 e. The molecule has 0 spiro atoms. The number of benzene rings is 1. The molecule has 0 fully saturated rings. The smallest absolute Gasteiger partial charge is 0.190 e. The Morgan fingerprint density at radius 3 is 2.40 bits per heavy atom. The average molecular weight is 293 g/mol. The Morgan fingerprint density at radius 1 is 1.00 bits per heavy atom. The van der Waals surface area contributed by atoms with Gasteiger partial charge in [0.05, 0.1) is 16.6 Å². The SMILES string of the molecule is O=c1ccn2nc(Cl)ccc2c1-c1c(F)cccc1F. The molecule has 0 unspecified atom stereocenters. The molecule has 1 aromatic carbocycles. The molecule has 3 nitrogen and oxygen atoms in total. The zero-order chi connectivity index (χ0) is 14.3. The molecule has 3 rings (SSSR count). The molecule has 0 amide bonds. The molecular formula is C14H7ClF2N2O. The van der Waals surface area contributed by atoms with E-state index in [-0.39, 0.29) is 21.8 Å². The van der Waals surface area contributed by atoms with Gasteiger partial charge >= 0.3 is 0 Å². The Hall–Kier alpha value is -2.27. The summed E-state index contributed by atoms with van der Waals surface area (Å²) in [6.45, 7) is 0. The highest BCUT2D eigenvalue weighted by atomic mass is 35.5. The molecule has 0 N–H and O–H groups in total. The van der Waals surface area contributed by atoms with Crippen LogP contribution in [0, 0.1) is 11.6 Å². The number of hydrogen-bond acceptors (Lipinski definition) is 2. The Balaban J connectivity index is 2.47. The fourth-order valence-electron chi connectivity index (χ4n) is 2.06. The molecule has 0 aliphatic heterocycles. The van der Waals surface area contributed by atoms with Gasteiger partial charge in [-0.25, -0.2) is 13.3 Å². The molecule has 0 aliphatic rings. The first-order valence-corrected chi connectivity index (χ1v) is 6.08. The Kier molecular flexibility index (Phi) is 2.99. The molecule has 3 aromatic rings. The zero-order valence-electron chi connectivity index (χ0n) is 9.98. The van der Waals surface area contributed by atoms with Crippen molar-refractivity contribution >= 4 is 17.1 Å². The topological polar surface area (TPSA) is 34.4 Å². The van der Waals surface area contributed by atoms with Gasteiger partial charge in [-0.15, -0.1) is 0 Å². The number of halogens is 3. The average Bonchev–Trinajstić information content (AvgIpc) is 2.41. The minimum Gasteiger partial charge on any atom is -0.289 e. The lowest BCUT2D eigenvalue weighted by Gasteiger charge is -2.08. The van der Waals surface area contributed by atoms with Gasteiger partial charge in [0.15, 0.2) is 5.43 Å². The quantitative estimate of drug-likeness (QED) is 0.690. The fourth-order valence-corrected chi connectivity index (χ4v) is 2.21. The number of nitrogens with zero attached hydrogens (tertiary/aromatic N) is 2. The third-order valence-electron chi connectivity index (χ3n) is 2.91. The van der Waals surface area contributed by atoms with Crippen molar-refractivity contribution in [3.63, 3.8) is 0 Å². The van der Waals surface area contributed by atoms with Crippen LogP contribution in [0.2, 0.25) is 5.15 Å². The Morgan fingerprint density at radius 2 is 1.70 bits per heavy atom. The maximum absolute atomic E-state index is 13.9. The standard InChI is InChI=1S/C14H7ClF2N2O/c15-12-5-4-10-14(11(20)6-7-19(10)18-12)13-8(16)2-1-3-9(13)17/h1-7H. The van der Waals surface area contributed by atoms with Crippen molar-refractivity contribution < 1.29 is 8.78 Å². The molecule has 2 aromatic heterocycles. The predicted octanol–water partition coefficient (Wildman–Crippen LogP) is 3.29. The van der Waals surface area contributed by atoms with E-state index in [9.17, 15) is 13.6 Å². The van der Waals surface area contributed by atoms with E-state index < -0.39 is 17.1 Å². The molecule has 0 saturated carbocycles. The fraction of sp³-hybridized carbons (Fsp3) is 0. The summed E-state index contributed by atoms with van der Waals surface area (Å²) in [5, 5.41) is 4.17. The lowest BCUT2D eigenvalue weighted by Crippen LogP contribution is -2.10. The number of fused-ring (bicyclic) bond motifs is 1. The van der Waals surface area contributed by atoms with Crippen LogP contribution in [0.15, 0.2) is 47.4 Å². The van der Waals surface area contributed by atoms with E-state index in [1.165, 1.54) is 35.0 Å². The molecule has 100 valence electrons. The first kappa shape index (κ1) is 12.7. The highest BCUT2D eigenvalue weighted by molar-refractivity contribution is 6.29. The van der Waals surface area contributed by atoms with Crippen LogP contribution >= 0.6 is 11.6 Å². The lowest BCUT2D eigenvalue weighted by molar-refractivity contribution is 0.589. The van der Waals surface area contributed by atoms with E-state index >= 15 is 0 Å². The van der Waals surface area contributed by atoms with Gasteiger partial charge in [0.25, 0.3) is 0 Å². The summed E-state index contributed by atoms with van der Waals surface area (Å²) < 4.78 is 29.1. The Bertz CT molecular complexity index is 856. The van der Waals surface area contributed by atoms with Gasteiger partial charge in [-0.3, -0.25) is 4.79 Å². The van der Waals surface area contributed by atoms with E-state index in [4.69, 9.17) is 11.6 Å². The molecular weight excluding hydrogens is 286 g/mol. The molecule has 0 bridgehead atoms. The van der Waals surface area contributed by atoms with Crippen molar-refractivity contribution in [1.82, 2.24) is 9.61 Å². The van der Waals surface area contributed by atoms with E-state index in [1.54, 1.807) is 0 Å².